The van der Waals surface area contributed by atoms with Crippen LogP contribution in [0.15, 0.2) is 24.3 Å². The second-order valence-corrected chi connectivity index (χ2v) is 6.63. The molecule has 2 aromatic heterocycles. The Bertz CT molecular complexity index is 864. The SMILES string of the molecule is CCc1nc2ccccc2c2nnc(CN3C[C@H](C)O[C@@H](C)C3)n12. The fourth-order valence-corrected chi connectivity index (χ4v) is 3.66. The van der Waals surface area contributed by atoms with Gasteiger partial charge in [-0.1, -0.05) is 19.1 Å². The van der Waals surface area contributed by atoms with E-state index < -0.39 is 0 Å². The molecule has 0 saturated carbocycles. The van der Waals surface area contributed by atoms with Crippen LogP contribution in [0.4, 0.5) is 0 Å². The Morgan fingerprint density at radius 2 is 1.83 bits per heavy atom. The molecule has 6 nitrogen and oxygen atoms in total. The van der Waals surface area contributed by atoms with Crippen LogP contribution in [0.5, 0.6) is 0 Å². The summed E-state index contributed by atoms with van der Waals surface area (Å²) in [5, 5.41) is 10.0. The number of rotatable bonds is 3. The maximum atomic E-state index is 5.83. The van der Waals surface area contributed by atoms with Crippen molar-refractivity contribution < 1.29 is 4.74 Å². The molecule has 4 rings (SSSR count). The van der Waals surface area contributed by atoms with E-state index in [0.717, 1.165) is 54.3 Å². The second kappa shape index (κ2) is 6.11. The minimum absolute atomic E-state index is 0.248. The molecule has 0 unspecified atom stereocenters. The van der Waals surface area contributed by atoms with Crippen molar-refractivity contribution in [3.63, 3.8) is 0 Å². The first kappa shape index (κ1) is 15.5. The number of fused-ring (bicyclic) bond motifs is 3. The van der Waals surface area contributed by atoms with E-state index in [4.69, 9.17) is 9.72 Å². The zero-order valence-electron chi connectivity index (χ0n) is 14.4. The van der Waals surface area contributed by atoms with E-state index in [1.807, 2.05) is 18.2 Å². The highest BCUT2D eigenvalue weighted by molar-refractivity contribution is 5.91. The Balaban J connectivity index is 1.77. The lowest BCUT2D eigenvalue weighted by Gasteiger charge is -2.34. The lowest BCUT2D eigenvalue weighted by molar-refractivity contribution is -0.0711. The molecule has 1 aliphatic rings. The van der Waals surface area contributed by atoms with Crippen molar-refractivity contribution in [3.8, 4) is 0 Å². The third-order valence-corrected chi connectivity index (χ3v) is 4.56. The van der Waals surface area contributed by atoms with Crippen molar-refractivity contribution in [2.24, 2.45) is 0 Å². The Morgan fingerprint density at radius 3 is 2.58 bits per heavy atom. The Hall–Kier alpha value is -2.05. The monoisotopic (exact) mass is 325 g/mol. The molecule has 0 aliphatic carbocycles. The molecule has 3 heterocycles. The van der Waals surface area contributed by atoms with Crippen molar-refractivity contribution in [1.29, 1.82) is 0 Å². The third kappa shape index (κ3) is 2.65. The summed E-state index contributed by atoms with van der Waals surface area (Å²) in [6, 6.07) is 8.14. The van der Waals surface area contributed by atoms with Gasteiger partial charge < -0.3 is 4.74 Å². The fourth-order valence-electron chi connectivity index (χ4n) is 3.66. The number of benzene rings is 1. The van der Waals surface area contributed by atoms with E-state index >= 15 is 0 Å². The minimum atomic E-state index is 0.248. The van der Waals surface area contributed by atoms with Crippen molar-refractivity contribution >= 4 is 16.6 Å². The normalized spacial score (nSPS) is 22.5. The number of morpholine rings is 1. The summed E-state index contributed by atoms with van der Waals surface area (Å²) in [4.78, 5) is 7.21. The molecule has 126 valence electrons. The molecule has 0 amide bonds. The molecule has 1 aliphatic heterocycles. The molecule has 0 spiro atoms. The number of nitrogens with zero attached hydrogens (tertiary/aromatic N) is 5. The highest BCUT2D eigenvalue weighted by Crippen LogP contribution is 2.21. The van der Waals surface area contributed by atoms with Crippen LogP contribution < -0.4 is 0 Å². The van der Waals surface area contributed by atoms with Gasteiger partial charge >= 0.3 is 0 Å². The topological polar surface area (TPSA) is 55.5 Å². The van der Waals surface area contributed by atoms with Crippen molar-refractivity contribution in [3.05, 3.63) is 35.9 Å². The number of aryl methyl sites for hydroxylation is 1. The van der Waals surface area contributed by atoms with E-state index in [0.29, 0.717) is 0 Å². The number of hydrogen-bond donors (Lipinski definition) is 0. The van der Waals surface area contributed by atoms with E-state index in [9.17, 15) is 0 Å². The van der Waals surface area contributed by atoms with Gasteiger partial charge in [-0.3, -0.25) is 9.30 Å². The summed E-state index contributed by atoms with van der Waals surface area (Å²) >= 11 is 0. The molecular formula is C18H23N5O. The predicted molar refractivity (Wildman–Crippen MR) is 93.0 cm³/mol. The highest BCUT2D eigenvalue weighted by atomic mass is 16.5. The average molecular weight is 325 g/mol. The summed E-state index contributed by atoms with van der Waals surface area (Å²) in [5.74, 6) is 1.97. The van der Waals surface area contributed by atoms with E-state index in [1.165, 1.54) is 0 Å². The van der Waals surface area contributed by atoms with Gasteiger partial charge in [0.05, 0.1) is 24.3 Å². The average Bonchev–Trinajstić information content (AvgIpc) is 2.97. The molecule has 6 heteroatoms. The maximum absolute atomic E-state index is 5.83. The van der Waals surface area contributed by atoms with Crippen LogP contribution in [0.1, 0.15) is 32.4 Å². The molecule has 2 atom stereocenters. The summed E-state index contributed by atoms with van der Waals surface area (Å²) in [5.41, 5.74) is 1.89. The Morgan fingerprint density at radius 1 is 1.08 bits per heavy atom. The van der Waals surface area contributed by atoms with Crippen molar-refractivity contribution in [2.45, 2.75) is 45.9 Å². The smallest absolute Gasteiger partial charge is 0.171 e. The Kier molecular flexibility index (Phi) is 3.94. The largest absolute Gasteiger partial charge is 0.373 e. The zero-order valence-corrected chi connectivity index (χ0v) is 14.4. The molecule has 3 aromatic rings. The van der Waals surface area contributed by atoms with Gasteiger partial charge in [0.1, 0.15) is 5.82 Å². The van der Waals surface area contributed by atoms with Crippen LogP contribution in [-0.2, 0) is 17.7 Å². The van der Waals surface area contributed by atoms with Crippen molar-refractivity contribution in [2.75, 3.05) is 13.1 Å². The van der Waals surface area contributed by atoms with E-state index in [1.54, 1.807) is 0 Å². The molecule has 0 N–H and O–H groups in total. The second-order valence-electron chi connectivity index (χ2n) is 6.63. The summed E-state index contributed by atoms with van der Waals surface area (Å²) in [6.07, 6.45) is 1.34. The van der Waals surface area contributed by atoms with Crippen LogP contribution in [0.3, 0.4) is 0 Å². The number of aromatic nitrogens is 4. The van der Waals surface area contributed by atoms with Crippen LogP contribution >= 0.6 is 0 Å². The summed E-state index contributed by atoms with van der Waals surface area (Å²) in [6.45, 7) is 8.98. The molecule has 0 radical (unpaired) electrons. The molecule has 1 saturated heterocycles. The molecular weight excluding hydrogens is 302 g/mol. The van der Waals surface area contributed by atoms with Crippen LogP contribution in [0, 0.1) is 0 Å². The van der Waals surface area contributed by atoms with Gasteiger partial charge in [-0.25, -0.2) is 4.98 Å². The van der Waals surface area contributed by atoms with Gasteiger partial charge in [0.15, 0.2) is 11.5 Å². The quantitative estimate of drug-likeness (QED) is 0.740. The Labute approximate surface area is 141 Å². The minimum Gasteiger partial charge on any atom is -0.373 e. The lowest BCUT2D eigenvalue weighted by Crippen LogP contribution is -2.45. The lowest BCUT2D eigenvalue weighted by atomic mass is 10.2. The summed E-state index contributed by atoms with van der Waals surface area (Å²) < 4.78 is 7.96. The van der Waals surface area contributed by atoms with Gasteiger partial charge in [-0.15, -0.1) is 10.2 Å². The molecule has 0 bridgehead atoms. The highest BCUT2D eigenvalue weighted by Gasteiger charge is 2.24. The standard InChI is InChI=1S/C18H23N5O/c1-4-16-19-15-8-6-5-7-14(15)18-21-20-17(23(16)18)11-22-9-12(2)24-13(3)10-22/h5-8,12-13H,4,9-11H2,1-3H3/t12-,13-/m0/s1. The molecule has 1 fully saturated rings. The van der Waals surface area contributed by atoms with E-state index in [2.05, 4.69) is 46.3 Å². The van der Waals surface area contributed by atoms with Gasteiger partial charge in [-0.2, -0.15) is 0 Å². The van der Waals surface area contributed by atoms with Crippen LogP contribution in [-0.4, -0.2) is 49.8 Å². The first-order valence-electron chi connectivity index (χ1n) is 8.65. The van der Waals surface area contributed by atoms with Gasteiger partial charge in [0.25, 0.3) is 0 Å². The third-order valence-electron chi connectivity index (χ3n) is 4.56. The number of hydrogen-bond acceptors (Lipinski definition) is 5. The first-order chi connectivity index (χ1) is 11.7. The summed E-state index contributed by atoms with van der Waals surface area (Å²) in [7, 11) is 0. The maximum Gasteiger partial charge on any atom is 0.171 e. The van der Waals surface area contributed by atoms with Gasteiger partial charge in [0.2, 0.25) is 0 Å². The zero-order chi connectivity index (χ0) is 16.7. The molecule has 1 aromatic carbocycles. The molecule has 24 heavy (non-hydrogen) atoms. The van der Waals surface area contributed by atoms with Crippen LogP contribution in [0.2, 0.25) is 0 Å². The van der Waals surface area contributed by atoms with Gasteiger partial charge in [0, 0.05) is 24.9 Å². The predicted octanol–water partition coefficient (Wildman–Crippen LogP) is 2.45. The van der Waals surface area contributed by atoms with E-state index in [-0.39, 0.29) is 12.2 Å². The van der Waals surface area contributed by atoms with Crippen molar-refractivity contribution in [1.82, 2.24) is 24.5 Å². The number of para-hydroxylation sites is 1. The van der Waals surface area contributed by atoms with Crippen LogP contribution in [0.25, 0.3) is 16.6 Å². The fraction of sp³-hybridized carbons (Fsp3) is 0.500. The first-order valence-corrected chi connectivity index (χ1v) is 8.65. The van der Waals surface area contributed by atoms with Gasteiger partial charge in [-0.05, 0) is 26.0 Å². The number of ether oxygens (including phenoxy) is 1.